The maximum atomic E-state index is 12.1. The molecule has 1 amide bonds. The van der Waals surface area contributed by atoms with Crippen LogP contribution in [0.25, 0.3) is 0 Å². The maximum absolute atomic E-state index is 12.1. The van der Waals surface area contributed by atoms with E-state index in [1.165, 1.54) is 0 Å². The van der Waals surface area contributed by atoms with Crippen LogP contribution in [0, 0.1) is 11.8 Å². The third-order valence-electron chi connectivity index (χ3n) is 3.89. The molecular weight excluding hydrogens is 218 g/mol. The van der Waals surface area contributed by atoms with Crippen LogP contribution in [0.15, 0.2) is 0 Å². The summed E-state index contributed by atoms with van der Waals surface area (Å²) in [6.07, 6.45) is 2.79. The van der Waals surface area contributed by atoms with Gasteiger partial charge in [-0.25, -0.2) is 5.01 Å². The van der Waals surface area contributed by atoms with Crippen LogP contribution in [0.1, 0.15) is 26.2 Å². The van der Waals surface area contributed by atoms with Gasteiger partial charge in [0, 0.05) is 25.0 Å². The molecule has 5 heteroatoms. The van der Waals surface area contributed by atoms with E-state index in [4.69, 9.17) is 10.5 Å². The third kappa shape index (κ3) is 3.40. The van der Waals surface area contributed by atoms with Crippen molar-refractivity contribution in [1.29, 1.82) is 0 Å². The van der Waals surface area contributed by atoms with Crippen LogP contribution >= 0.6 is 0 Å². The summed E-state index contributed by atoms with van der Waals surface area (Å²) in [7, 11) is 0. The molecule has 3 atom stereocenters. The Labute approximate surface area is 103 Å². The van der Waals surface area contributed by atoms with Gasteiger partial charge in [0.1, 0.15) is 0 Å². The fourth-order valence-electron chi connectivity index (χ4n) is 2.58. The smallest absolute Gasteiger partial charge is 0.237 e. The zero-order valence-electron chi connectivity index (χ0n) is 10.5. The maximum Gasteiger partial charge on any atom is 0.237 e. The van der Waals surface area contributed by atoms with Crippen molar-refractivity contribution in [2.75, 3.05) is 26.3 Å². The third-order valence-corrected chi connectivity index (χ3v) is 3.89. The normalized spacial score (nSPS) is 35.5. The van der Waals surface area contributed by atoms with Crippen LogP contribution in [0.2, 0.25) is 0 Å². The van der Waals surface area contributed by atoms with Gasteiger partial charge in [-0.15, -0.1) is 0 Å². The average Bonchev–Trinajstić information content (AvgIpc) is 2.34. The molecule has 0 aromatic rings. The van der Waals surface area contributed by atoms with Crippen molar-refractivity contribution in [3.05, 3.63) is 0 Å². The SMILES string of the molecule is CC1CC(C(=O)NN2CCOCC2)CCC1N. The number of hydrazine groups is 1. The Morgan fingerprint density at radius 2 is 2.06 bits per heavy atom. The van der Waals surface area contributed by atoms with Gasteiger partial charge in [0.15, 0.2) is 0 Å². The van der Waals surface area contributed by atoms with Gasteiger partial charge in [0.25, 0.3) is 0 Å². The van der Waals surface area contributed by atoms with E-state index in [-0.39, 0.29) is 17.9 Å². The number of morpholine rings is 1. The van der Waals surface area contributed by atoms with Crippen molar-refractivity contribution < 1.29 is 9.53 Å². The van der Waals surface area contributed by atoms with Crippen molar-refractivity contribution in [1.82, 2.24) is 10.4 Å². The number of rotatable bonds is 2. The zero-order valence-corrected chi connectivity index (χ0v) is 10.5. The minimum Gasteiger partial charge on any atom is -0.379 e. The number of carbonyl (C=O) groups excluding carboxylic acids is 1. The number of nitrogens with zero attached hydrogens (tertiary/aromatic N) is 1. The largest absolute Gasteiger partial charge is 0.379 e. The summed E-state index contributed by atoms with van der Waals surface area (Å²) in [5, 5.41) is 1.96. The number of nitrogens with one attached hydrogen (secondary N) is 1. The van der Waals surface area contributed by atoms with E-state index in [9.17, 15) is 4.79 Å². The molecular formula is C12H23N3O2. The van der Waals surface area contributed by atoms with E-state index >= 15 is 0 Å². The standard InChI is InChI=1S/C12H23N3O2/c1-9-8-10(2-3-11(9)13)12(16)14-15-4-6-17-7-5-15/h9-11H,2-8,13H2,1H3,(H,14,16). The number of hydrogen-bond acceptors (Lipinski definition) is 4. The highest BCUT2D eigenvalue weighted by atomic mass is 16.5. The van der Waals surface area contributed by atoms with E-state index in [1.807, 2.05) is 5.01 Å². The van der Waals surface area contributed by atoms with Crippen LogP contribution in [0.3, 0.4) is 0 Å². The highest BCUT2D eigenvalue weighted by Crippen LogP contribution is 2.28. The topological polar surface area (TPSA) is 67.6 Å². The lowest BCUT2D eigenvalue weighted by atomic mass is 9.79. The van der Waals surface area contributed by atoms with Crippen LogP contribution < -0.4 is 11.2 Å². The van der Waals surface area contributed by atoms with Crippen molar-refractivity contribution in [2.45, 2.75) is 32.2 Å². The van der Waals surface area contributed by atoms with Gasteiger partial charge in [0.2, 0.25) is 5.91 Å². The number of ether oxygens (including phenoxy) is 1. The van der Waals surface area contributed by atoms with Gasteiger partial charge in [-0.05, 0) is 25.2 Å². The van der Waals surface area contributed by atoms with Crippen molar-refractivity contribution >= 4 is 5.91 Å². The van der Waals surface area contributed by atoms with Gasteiger partial charge >= 0.3 is 0 Å². The molecule has 1 saturated carbocycles. The van der Waals surface area contributed by atoms with Crippen LogP contribution in [-0.2, 0) is 9.53 Å². The molecule has 0 aromatic carbocycles. The second-order valence-corrected chi connectivity index (χ2v) is 5.23. The summed E-state index contributed by atoms with van der Waals surface area (Å²) in [6, 6.07) is 0.266. The van der Waals surface area contributed by atoms with Gasteiger partial charge in [-0.2, -0.15) is 0 Å². The number of nitrogens with two attached hydrogens (primary N) is 1. The zero-order chi connectivity index (χ0) is 12.3. The molecule has 17 heavy (non-hydrogen) atoms. The molecule has 5 nitrogen and oxygen atoms in total. The number of hydrogen-bond donors (Lipinski definition) is 2. The van der Waals surface area contributed by atoms with Gasteiger partial charge in [-0.1, -0.05) is 6.92 Å². The van der Waals surface area contributed by atoms with Crippen LogP contribution in [0.5, 0.6) is 0 Å². The lowest BCUT2D eigenvalue weighted by Gasteiger charge is -2.33. The molecule has 3 N–H and O–H groups in total. The summed E-state index contributed by atoms with van der Waals surface area (Å²) in [6.45, 7) is 5.11. The van der Waals surface area contributed by atoms with Gasteiger partial charge in [0.05, 0.1) is 13.2 Å². The molecule has 1 aliphatic carbocycles. The molecule has 0 bridgehead atoms. The Bertz CT molecular complexity index is 266. The molecule has 2 fully saturated rings. The minimum absolute atomic E-state index is 0.132. The molecule has 1 aliphatic heterocycles. The predicted molar refractivity (Wildman–Crippen MR) is 65.0 cm³/mol. The van der Waals surface area contributed by atoms with Crippen molar-refractivity contribution in [2.24, 2.45) is 17.6 Å². The van der Waals surface area contributed by atoms with Crippen molar-refractivity contribution in [3.8, 4) is 0 Å². The Balaban J connectivity index is 1.79. The molecule has 1 heterocycles. The molecule has 98 valence electrons. The lowest BCUT2D eigenvalue weighted by Crippen LogP contribution is -2.51. The minimum atomic E-state index is 0.132. The summed E-state index contributed by atoms with van der Waals surface area (Å²) < 4.78 is 5.25. The molecule has 3 unspecified atom stereocenters. The molecule has 0 aromatic heterocycles. The Morgan fingerprint density at radius 3 is 2.71 bits per heavy atom. The molecule has 2 aliphatic rings. The summed E-state index contributed by atoms with van der Waals surface area (Å²) in [5.41, 5.74) is 8.96. The van der Waals surface area contributed by atoms with Crippen molar-refractivity contribution in [3.63, 3.8) is 0 Å². The van der Waals surface area contributed by atoms with Crippen LogP contribution in [-0.4, -0.2) is 43.3 Å². The molecule has 2 rings (SSSR count). The highest BCUT2D eigenvalue weighted by molar-refractivity contribution is 5.78. The first-order valence-electron chi connectivity index (χ1n) is 6.55. The fourth-order valence-corrected chi connectivity index (χ4v) is 2.58. The second kappa shape index (κ2) is 5.80. The van der Waals surface area contributed by atoms with Crippen LogP contribution in [0.4, 0.5) is 0 Å². The molecule has 0 spiro atoms. The predicted octanol–water partition coefficient (Wildman–Crippen LogP) is 0.113. The first-order chi connectivity index (χ1) is 8.16. The fraction of sp³-hybridized carbons (Fsp3) is 0.917. The van der Waals surface area contributed by atoms with E-state index in [0.717, 1.165) is 32.4 Å². The first kappa shape index (κ1) is 12.8. The van der Waals surface area contributed by atoms with Gasteiger partial charge < -0.3 is 10.5 Å². The quantitative estimate of drug-likeness (QED) is 0.720. The van der Waals surface area contributed by atoms with E-state index in [1.54, 1.807) is 0 Å². The summed E-state index contributed by atoms with van der Waals surface area (Å²) in [5.74, 6) is 0.738. The highest BCUT2D eigenvalue weighted by Gasteiger charge is 2.30. The monoisotopic (exact) mass is 241 g/mol. The Kier molecular flexibility index (Phi) is 4.36. The number of amides is 1. The first-order valence-corrected chi connectivity index (χ1v) is 6.55. The summed E-state index contributed by atoms with van der Waals surface area (Å²) >= 11 is 0. The summed E-state index contributed by atoms with van der Waals surface area (Å²) in [4.78, 5) is 12.1. The second-order valence-electron chi connectivity index (χ2n) is 5.23. The van der Waals surface area contributed by atoms with Gasteiger partial charge in [-0.3, -0.25) is 10.2 Å². The van der Waals surface area contributed by atoms with E-state index < -0.39 is 0 Å². The molecule has 0 radical (unpaired) electrons. The average molecular weight is 241 g/mol. The Morgan fingerprint density at radius 1 is 1.35 bits per heavy atom. The van der Waals surface area contributed by atoms with E-state index in [2.05, 4.69) is 12.3 Å². The molecule has 1 saturated heterocycles. The Hall–Kier alpha value is -0.650. The number of carbonyl (C=O) groups is 1. The lowest BCUT2D eigenvalue weighted by molar-refractivity contribution is -0.133. The van der Waals surface area contributed by atoms with E-state index in [0.29, 0.717) is 19.1 Å².